The number of carboxylic acid groups (broad SMARTS) is 1. The van der Waals surface area contributed by atoms with E-state index in [1.807, 2.05) is 0 Å². The summed E-state index contributed by atoms with van der Waals surface area (Å²) in [4.78, 5) is 21.9. The second-order valence-electron chi connectivity index (χ2n) is 3.88. The van der Waals surface area contributed by atoms with Crippen LogP contribution >= 0.6 is 15.9 Å². The molecule has 7 nitrogen and oxygen atoms in total. The molecule has 0 aromatic heterocycles. The number of aromatic carboxylic acids is 1. The molecule has 20 heavy (non-hydrogen) atoms. The molecular weight excluding hydrogens is 352 g/mol. The quantitative estimate of drug-likeness (QED) is 0.703. The summed E-state index contributed by atoms with van der Waals surface area (Å²) in [6, 6.07) is 2.34. The zero-order valence-corrected chi connectivity index (χ0v) is 13.1. The van der Waals surface area contributed by atoms with E-state index in [9.17, 15) is 18.0 Å². The lowest BCUT2D eigenvalue weighted by molar-refractivity contribution is -0.119. The van der Waals surface area contributed by atoms with E-state index in [1.54, 1.807) is 6.92 Å². The maximum atomic E-state index is 12.0. The van der Waals surface area contributed by atoms with Crippen molar-refractivity contribution in [1.82, 2.24) is 10.0 Å². The van der Waals surface area contributed by atoms with Crippen LogP contribution in [0.25, 0.3) is 0 Å². The van der Waals surface area contributed by atoms with E-state index < -0.39 is 28.4 Å². The van der Waals surface area contributed by atoms with E-state index in [4.69, 9.17) is 5.11 Å². The molecule has 0 heterocycles. The summed E-state index contributed by atoms with van der Waals surface area (Å²) in [6.07, 6.45) is 0. The molecule has 1 aromatic rings. The fraction of sp³-hybridized carbons (Fsp3) is 0.273. The van der Waals surface area contributed by atoms with Crippen LogP contribution in [-0.4, -0.2) is 39.0 Å². The highest BCUT2D eigenvalue weighted by molar-refractivity contribution is 9.10. The predicted octanol–water partition coefficient (Wildman–Crippen LogP) is 0.480. The molecule has 1 rings (SSSR count). The minimum absolute atomic E-state index is 0.125. The Balaban J connectivity index is 3.19. The first-order valence-electron chi connectivity index (χ1n) is 5.42. The van der Waals surface area contributed by atoms with Gasteiger partial charge >= 0.3 is 5.97 Å². The Morgan fingerprint density at radius 1 is 1.35 bits per heavy atom. The van der Waals surface area contributed by atoms with Crippen molar-refractivity contribution < 1.29 is 23.1 Å². The average Bonchev–Trinajstić information content (AvgIpc) is 2.38. The smallest absolute Gasteiger partial charge is 0.336 e. The van der Waals surface area contributed by atoms with Crippen LogP contribution in [0.2, 0.25) is 0 Å². The summed E-state index contributed by atoms with van der Waals surface area (Å²) in [6.45, 7) is 1.13. The Morgan fingerprint density at radius 3 is 2.45 bits per heavy atom. The third-order valence-corrected chi connectivity index (χ3v) is 4.76. The van der Waals surface area contributed by atoms with Crippen molar-refractivity contribution in [3.05, 3.63) is 27.7 Å². The first-order chi connectivity index (χ1) is 9.19. The first-order valence-corrected chi connectivity index (χ1v) is 7.70. The Bertz CT molecular complexity index is 657. The van der Waals surface area contributed by atoms with E-state index in [-0.39, 0.29) is 10.5 Å². The molecule has 1 amide bonds. The summed E-state index contributed by atoms with van der Waals surface area (Å²) in [5, 5.41) is 11.3. The lowest BCUT2D eigenvalue weighted by atomic mass is 10.1. The van der Waals surface area contributed by atoms with E-state index in [1.165, 1.54) is 13.1 Å². The Kier molecular flexibility index (Phi) is 5.26. The second kappa shape index (κ2) is 6.33. The summed E-state index contributed by atoms with van der Waals surface area (Å²) in [5.74, 6) is -1.73. The van der Waals surface area contributed by atoms with E-state index >= 15 is 0 Å². The summed E-state index contributed by atoms with van der Waals surface area (Å²) in [7, 11) is -2.59. The van der Waals surface area contributed by atoms with Crippen molar-refractivity contribution in [2.45, 2.75) is 11.8 Å². The van der Waals surface area contributed by atoms with Gasteiger partial charge in [0.05, 0.1) is 17.0 Å². The lowest BCUT2D eigenvalue weighted by Gasteiger charge is -2.10. The van der Waals surface area contributed by atoms with E-state index in [0.717, 1.165) is 6.07 Å². The van der Waals surface area contributed by atoms with Crippen LogP contribution in [-0.2, 0) is 14.8 Å². The van der Waals surface area contributed by atoms with Crippen LogP contribution in [0, 0.1) is 6.92 Å². The molecule has 0 radical (unpaired) electrons. The molecule has 0 unspecified atom stereocenters. The number of nitrogens with one attached hydrogen (secondary N) is 2. The molecule has 0 bridgehead atoms. The molecule has 110 valence electrons. The number of sulfonamides is 1. The summed E-state index contributed by atoms with van der Waals surface area (Å²) >= 11 is 3.12. The minimum atomic E-state index is -3.96. The first kappa shape index (κ1) is 16.6. The van der Waals surface area contributed by atoms with E-state index in [2.05, 4.69) is 26.0 Å². The maximum Gasteiger partial charge on any atom is 0.336 e. The van der Waals surface area contributed by atoms with Crippen molar-refractivity contribution in [3.8, 4) is 0 Å². The van der Waals surface area contributed by atoms with Gasteiger partial charge in [0.15, 0.2) is 0 Å². The van der Waals surface area contributed by atoms with Crippen LogP contribution in [0.4, 0.5) is 0 Å². The highest BCUT2D eigenvalue weighted by atomic mass is 79.9. The molecule has 9 heteroatoms. The number of carboxylic acids is 1. The Labute approximate surface area is 124 Å². The molecule has 1 aromatic carbocycles. The van der Waals surface area contributed by atoms with Gasteiger partial charge in [-0.05, 0) is 24.6 Å². The number of benzene rings is 1. The van der Waals surface area contributed by atoms with Gasteiger partial charge in [0, 0.05) is 11.5 Å². The largest absolute Gasteiger partial charge is 0.478 e. The Hall–Kier alpha value is -1.45. The normalized spacial score (nSPS) is 11.2. The molecule has 0 saturated heterocycles. The monoisotopic (exact) mass is 364 g/mol. The zero-order chi connectivity index (χ0) is 15.5. The third kappa shape index (κ3) is 3.78. The van der Waals surface area contributed by atoms with Gasteiger partial charge in [-0.1, -0.05) is 15.9 Å². The summed E-state index contributed by atoms with van der Waals surface area (Å²) < 4.78 is 26.4. The van der Waals surface area contributed by atoms with Gasteiger partial charge in [-0.25, -0.2) is 17.9 Å². The van der Waals surface area contributed by atoms with Gasteiger partial charge in [0.2, 0.25) is 15.9 Å². The standard InChI is InChI=1S/C11H13BrN2O5S/c1-6-8(11(16)17)3-7(4-9(6)12)20(18,19)14-5-10(15)13-2/h3-4,14H,5H2,1-2H3,(H,13,15)(H,16,17). The SMILES string of the molecule is CNC(=O)CNS(=O)(=O)c1cc(Br)c(C)c(C(=O)O)c1. The van der Waals surface area contributed by atoms with Crippen LogP contribution < -0.4 is 10.0 Å². The minimum Gasteiger partial charge on any atom is -0.478 e. The number of carbonyl (C=O) groups excluding carboxylic acids is 1. The molecule has 0 saturated carbocycles. The number of amides is 1. The van der Waals surface area contributed by atoms with Crippen LogP contribution in [0.3, 0.4) is 0 Å². The van der Waals surface area contributed by atoms with Crippen molar-refractivity contribution in [2.75, 3.05) is 13.6 Å². The predicted molar refractivity (Wildman–Crippen MR) is 75.1 cm³/mol. The fourth-order valence-corrected chi connectivity index (χ4v) is 3.01. The second-order valence-corrected chi connectivity index (χ2v) is 6.50. The molecule has 0 aliphatic heterocycles. The van der Waals surface area contributed by atoms with Gasteiger partial charge in [-0.15, -0.1) is 0 Å². The van der Waals surface area contributed by atoms with Gasteiger partial charge < -0.3 is 10.4 Å². The lowest BCUT2D eigenvalue weighted by Crippen LogP contribution is -2.35. The molecule has 0 atom stereocenters. The topological polar surface area (TPSA) is 113 Å². The maximum absolute atomic E-state index is 12.0. The third-order valence-electron chi connectivity index (χ3n) is 2.56. The van der Waals surface area contributed by atoms with Crippen LogP contribution in [0.1, 0.15) is 15.9 Å². The van der Waals surface area contributed by atoms with Crippen LogP contribution in [0.15, 0.2) is 21.5 Å². The number of hydrogen-bond acceptors (Lipinski definition) is 4. The highest BCUT2D eigenvalue weighted by Gasteiger charge is 2.20. The highest BCUT2D eigenvalue weighted by Crippen LogP contribution is 2.24. The van der Waals surface area contributed by atoms with Crippen molar-refractivity contribution >= 4 is 37.8 Å². The number of likely N-dealkylation sites (N-methyl/N-ethyl adjacent to an activating group) is 1. The molecule has 0 fully saturated rings. The van der Waals surface area contributed by atoms with Crippen molar-refractivity contribution in [1.29, 1.82) is 0 Å². The van der Waals surface area contributed by atoms with Crippen molar-refractivity contribution in [2.24, 2.45) is 0 Å². The summed E-state index contributed by atoms with van der Waals surface area (Å²) in [5.41, 5.74) is 0.294. The number of halogens is 1. The molecule has 0 aliphatic carbocycles. The van der Waals surface area contributed by atoms with E-state index in [0.29, 0.717) is 10.0 Å². The van der Waals surface area contributed by atoms with Crippen molar-refractivity contribution in [3.63, 3.8) is 0 Å². The average molecular weight is 365 g/mol. The molecule has 3 N–H and O–H groups in total. The number of carbonyl (C=O) groups is 2. The molecular formula is C11H13BrN2O5S. The molecule has 0 spiro atoms. The zero-order valence-electron chi connectivity index (χ0n) is 10.7. The van der Waals surface area contributed by atoms with Gasteiger partial charge in [0.1, 0.15) is 0 Å². The Morgan fingerprint density at radius 2 is 1.95 bits per heavy atom. The molecule has 0 aliphatic rings. The number of rotatable bonds is 5. The number of hydrogen-bond donors (Lipinski definition) is 3. The van der Waals surface area contributed by atoms with Crippen LogP contribution in [0.5, 0.6) is 0 Å². The van der Waals surface area contributed by atoms with Gasteiger partial charge in [-0.2, -0.15) is 0 Å². The fourth-order valence-electron chi connectivity index (χ4n) is 1.36. The van der Waals surface area contributed by atoms with Gasteiger partial charge in [0.25, 0.3) is 0 Å². The van der Waals surface area contributed by atoms with Gasteiger partial charge in [-0.3, -0.25) is 4.79 Å².